The fourth-order valence-corrected chi connectivity index (χ4v) is 2.17. The highest BCUT2D eigenvalue weighted by Crippen LogP contribution is 2.18. The van der Waals surface area contributed by atoms with Crippen LogP contribution in [-0.4, -0.2) is 45.0 Å². The third kappa shape index (κ3) is 2.85. The van der Waals surface area contributed by atoms with E-state index < -0.39 is 6.03 Å². The van der Waals surface area contributed by atoms with E-state index in [2.05, 4.69) is 25.6 Å². The van der Waals surface area contributed by atoms with Crippen molar-refractivity contribution in [1.29, 1.82) is 0 Å². The molecule has 0 aliphatic carbocycles. The molecule has 3 rings (SSSR count). The van der Waals surface area contributed by atoms with E-state index in [0.29, 0.717) is 24.5 Å². The SMILES string of the molecule is O=C1NCCN1C(=O)NCc1nccnc1-c1ccncc1. The van der Waals surface area contributed by atoms with E-state index in [1.165, 1.54) is 0 Å². The Hall–Kier alpha value is -3.03. The van der Waals surface area contributed by atoms with Gasteiger partial charge in [-0.15, -0.1) is 0 Å². The molecule has 8 heteroatoms. The van der Waals surface area contributed by atoms with Crippen LogP contribution in [0.4, 0.5) is 9.59 Å². The summed E-state index contributed by atoms with van der Waals surface area (Å²) in [7, 11) is 0. The number of carbonyl (C=O) groups is 2. The van der Waals surface area contributed by atoms with Gasteiger partial charge in [0.15, 0.2) is 0 Å². The zero-order valence-electron chi connectivity index (χ0n) is 11.7. The summed E-state index contributed by atoms with van der Waals surface area (Å²) in [5.41, 5.74) is 2.17. The number of urea groups is 2. The topological polar surface area (TPSA) is 100 Å². The van der Waals surface area contributed by atoms with Gasteiger partial charge in [-0.3, -0.25) is 15.0 Å². The lowest BCUT2D eigenvalue weighted by Crippen LogP contribution is -2.41. The number of imide groups is 1. The van der Waals surface area contributed by atoms with Gasteiger partial charge in [0.2, 0.25) is 0 Å². The smallest absolute Gasteiger partial charge is 0.325 e. The zero-order valence-corrected chi connectivity index (χ0v) is 11.7. The van der Waals surface area contributed by atoms with Crippen LogP contribution in [0, 0.1) is 0 Å². The molecule has 4 amide bonds. The van der Waals surface area contributed by atoms with E-state index in [1.807, 2.05) is 12.1 Å². The van der Waals surface area contributed by atoms with Crippen LogP contribution < -0.4 is 10.6 Å². The van der Waals surface area contributed by atoms with Crippen molar-refractivity contribution in [2.45, 2.75) is 6.54 Å². The van der Waals surface area contributed by atoms with Gasteiger partial charge < -0.3 is 10.6 Å². The number of nitrogens with one attached hydrogen (secondary N) is 2. The maximum absolute atomic E-state index is 12.0. The summed E-state index contributed by atoms with van der Waals surface area (Å²) >= 11 is 0. The van der Waals surface area contributed by atoms with Gasteiger partial charge in [-0.25, -0.2) is 14.5 Å². The predicted octanol–water partition coefficient (Wildman–Crippen LogP) is 0.773. The van der Waals surface area contributed by atoms with Crippen molar-refractivity contribution in [3.63, 3.8) is 0 Å². The van der Waals surface area contributed by atoms with Crippen molar-refractivity contribution in [3.8, 4) is 11.3 Å². The van der Waals surface area contributed by atoms with Gasteiger partial charge in [0.1, 0.15) is 0 Å². The summed E-state index contributed by atoms with van der Waals surface area (Å²) in [5, 5.41) is 5.27. The Morgan fingerprint density at radius 3 is 2.73 bits per heavy atom. The van der Waals surface area contributed by atoms with Gasteiger partial charge in [-0.1, -0.05) is 0 Å². The van der Waals surface area contributed by atoms with Crippen LogP contribution in [0.3, 0.4) is 0 Å². The first-order valence-electron chi connectivity index (χ1n) is 6.79. The highest BCUT2D eigenvalue weighted by atomic mass is 16.2. The first kappa shape index (κ1) is 13.9. The zero-order chi connectivity index (χ0) is 15.4. The lowest BCUT2D eigenvalue weighted by atomic mass is 10.1. The number of rotatable bonds is 3. The Bertz CT molecular complexity index is 691. The van der Waals surface area contributed by atoms with Gasteiger partial charge in [0.05, 0.1) is 17.9 Å². The van der Waals surface area contributed by atoms with Crippen molar-refractivity contribution in [2.75, 3.05) is 13.1 Å². The van der Waals surface area contributed by atoms with E-state index in [9.17, 15) is 9.59 Å². The number of hydrogen-bond donors (Lipinski definition) is 2. The number of hydrogen-bond acceptors (Lipinski definition) is 5. The van der Waals surface area contributed by atoms with E-state index in [0.717, 1.165) is 10.5 Å². The predicted molar refractivity (Wildman–Crippen MR) is 77.6 cm³/mol. The molecule has 0 saturated carbocycles. The molecule has 3 heterocycles. The van der Waals surface area contributed by atoms with E-state index in [4.69, 9.17) is 0 Å². The van der Waals surface area contributed by atoms with Crippen molar-refractivity contribution in [2.24, 2.45) is 0 Å². The quantitative estimate of drug-likeness (QED) is 0.872. The molecule has 1 saturated heterocycles. The van der Waals surface area contributed by atoms with Gasteiger partial charge in [0, 0.05) is 43.4 Å². The highest BCUT2D eigenvalue weighted by molar-refractivity contribution is 5.94. The standard InChI is InChI=1S/C14H14N6O2/c21-13-18-7-8-20(13)14(22)19-9-11-12(17-6-5-16-11)10-1-3-15-4-2-10/h1-6H,7-9H2,(H,18,21)(H,19,22). The Kier molecular flexibility index (Phi) is 3.90. The van der Waals surface area contributed by atoms with E-state index >= 15 is 0 Å². The fraction of sp³-hybridized carbons (Fsp3) is 0.214. The summed E-state index contributed by atoms with van der Waals surface area (Å²) in [6.07, 6.45) is 6.49. The molecule has 8 nitrogen and oxygen atoms in total. The third-order valence-electron chi connectivity index (χ3n) is 3.24. The van der Waals surface area contributed by atoms with Crippen molar-refractivity contribution < 1.29 is 9.59 Å². The molecular weight excluding hydrogens is 284 g/mol. The van der Waals surface area contributed by atoms with Crippen LogP contribution in [0.5, 0.6) is 0 Å². The minimum atomic E-state index is -0.443. The molecule has 0 spiro atoms. The minimum absolute atomic E-state index is 0.189. The summed E-state index contributed by atoms with van der Waals surface area (Å²) in [6, 6.07) is 2.82. The molecule has 0 atom stereocenters. The van der Waals surface area contributed by atoms with E-state index in [1.54, 1.807) is 24.8 Å². The van der Waals surface area contributed by atoms with Gasteiger partial charge >= 0.3 is 12.1 Å². The molecule has 0 bridgehead atoms. The second-order valence-electron chi connectivity index (χ2n) is 4.63. The van der Waals surface area contributed by atoms with Crippen LogP contribution >= 0.6 is 0 Å². The maximum atomic E-state index is 12.0. The van der Waals surface area contributed by atoms with Crippen molar-refractivity contribution >= 4 is 12.1 Å². The molecule has 0 radical (unpaired) electrons. The van der Waals surface area contributed by atoms with Crippen LogP contribution in [0.1, 0.15) is 5.69 Å². The monoisotopic (exact) mass is 298 g/mol. The molecule has 1 fully saturated rings. The lowest BCUT2D eigenvalue weighted by molar-refractivity contribution is 0.198. The lowest BCUT2D eigenvalue weighted by Gasteiger charge is -2.14. The Morgan fingerprint density at radius 1 is 1.23 bits per heavy atom. The molecule has 1 aliphatic heterocycles. The van der Waals surface area contributed by atoms with Gasteiger partial charge in [-0.05, 0) is 12.1 Å². The minimum Gasteiger partial charge on any atom is -0.336 e. The molecule has 2 aromatic rings. The average molecular weight is 298 g/mol. The number of carbonyl (C=O) groups excluding carboxylic acids is 2. The Morgan fingerprint density at radius 2 is 2.00 bits per heavy atom. The first-order chi connectivity index (χ1) is 10.8. The van der Waals surface area contributed by atoms with Crippen LogP contribution in [0.2, 0.25) is 0 Å². The molecule has 112 valence electrons. The summed E-state index contributed by atoms with van der Waals surface area (Å²) in [6.45, 7) is 1.02. The molecule has 2 N–H and O–H groups in total. The number of pyridine rings is 1. The molecule has 0 aromatic carbocycles. The normalized spacial score (nSPS) is 13.8. The largest absolute Gasteiger partial charge is 0.336 e. The second kappa shape index (κ2) is 6.17. The second-order valence-corrected chi connectivity index (χ2v) is 4.63. The Labute approximate surface area is 126 Å². The number of nitrogens with zero attached hydrogens (tertiary/aromatic N) is 4. The summed E-state index contributed by atoms with van der Waals surface area (Å²) in [5.74, 6) is 0. The van der Waals surface area contributed by atoms with Crippen LogP contribution in [0.15, 0.2) is 36.9 Å². The highest BCUT2D eigenvalue weighted by Gasteiger charge is 2.26. The molecule has 1 aliphatic rings. The van der Waals surface area contributed by atoms with Crippen LogP contribution in [0.25, 0.3) is 11.3 Å². The van der Waals surface area contributed by atoms with Gasteiger partial charge in [-0.2, -0.15) is 0 Å². The number of amides is 4. The molecular formula is C14H14N6O2. The van der Waals surface area contributed by atoms with Crippen LogP contribution in [-0.2, 0) is 6.54 Å². The molecule has 22 heavy (non-hydrogen) atoms. The maximum Gasteiger partial charge on any atom is 0.325 e. The average Bonchev–Trinajstić information content (AvgIpc) is 3.00. The van der Waals surface area contributed by atoms with Gasteiger partial charge in [0.25, 0.3) is 0 Å². The first-order valence-corrected chi connectivity index (χ1v) is 6.79. The number of aromatic nitrogens is 3. The van der Waals surface area contributed by atoms with Crippen molar-refractivity contribution in [3.05, 3.63) is 42.6 Å². The third-order valence-corrected chi connectivity index (χ3v) is 3.24. The fourth-order valence-electron chi connectivity index (χ4n) is 2.17. The van der Waals surface area contributed by atoms with Crippen molar-refractivity contribution in [1.82, 2.24) is 30.5 Å². The molecule has 0 unspecified atom stereocenters. The van der Waals surface area contributed by atoms with E-state index in [-0.39, 0.29) is 12.6 Å². The summed E-state index contributed by atoms with van der Waals surface area (Å²) in [4.78, 5) is 37.1. The summed E-state index contributed by atoms with van der Waals surface area (Å²) < 4.78 is 0. The molecule has 2 aromatic heterocycles. The Balaban J connectivity index is 1.73.